The van der Waals surface area contributed by atoms with Crippen molar-refractivity contribution in [2.45, 2.75) is 25.2 Å². The van der Waals surface area contributed by atoms with Crippen LogP contribution in [0.4, 0.5) is 0 Å². The number of ether oxygens (including phenoxy) is 1. The lowest BCUT2D eigenvalue weighted by Gasteiger charge is -2.11. The summed E-state index contributed by atoms with van der Waals surface area (Å²) in [7, 11) is -1.97. The average Bonchev–Trinajstić information content (AvgIpc) is 2.99. The fraction of sp³-hybridized carbons (Fsp3) is 0.238. The predicted molar refractivity (Wildman–Crippen MR) is 105 cm³/mol. The molecule has 3 aromatic rings. The Balaban J connectivity index is 2.05. The number of nitrogens with zero attached hydrogens (tertiary/aromatic N) is 1. The third-order valence-electron chi connectivity index (χ3n) is 4.56. The van der Waals surface area contributed by atoms with Crippen molar-refractivity contribution < 1.29 is 22.5 Å². The van der Waals surface area contributed by atoms with Gasteiger partial charge in [-0.25, -0.2) is 13.2 Å². The van der Waals surface area contributed by atoms with E-state index in [1.807, 2.05) is 32.0 Å². The summed E-state index contributed by atoms with van der Waals surface area (Å²) in [4.78, 5) is 12.6. The maximum Gasteiger partial charge on any atom is 0.338 e. The van der Waals surface area contributed by atoms with Gasteiger partial charge in [0.25, 0.3) is 0 Å². The highest BCUT2D eigenvalue weighted by Crippen LogP contribution is 2.30. The van der Waals surface area contributed by atoms with Gasteiger partial charge < -0.3 is 9.26 Å². The van der Waals surface area contributed by atoms with Crippen molar-refractivity contribution in [1.82, 2.24) is 5.16 Å². The Morgan fingerprint density at radius 1 is 1.14 bits per heavy atom. The number of hydrogen-bond donors (Lipinski definition) is 0. The molecule has 146 valence electrons. The van der Waals surface area contributed by atoms with Gasteiger partial charge in [0.2, 0.25) is 0 Å². The molecule has 3 rings (SSSR count). The van der Waals surface area contributed by atoms with E-state index in [0.717, 1.165) is 27.9 Å². The number of carbonyl (C=O) groups is 1. The van der Waals surface area contributed by atoms with Crippen LogP contribution in [0.2, 0.25) is 0 Å². The van der Waals surface area contributed by atoms with Crippen molar-refractivity contribution in [3.8, 4) is 11.1 Å². The standard InChI is InChI=1S/C21H21NO5S/c1-13-20(14(2)27-22-13)17-9-8-16(19(12-17)21(23)26-3)10-15-6-5-7-18(11-15)28(4,24)25/h5-9,11-12H,10H2,1-4H3. The number of rotatable bonds is 5. The highest BCUT2D eigenvalue weighted by molar-refractivity contribution is 7.90. The van der Waals surface area contributed by atoms with Crippen LogP contribution in [0.1, 0.15) is 32.9 Å². The average molecular weight is 399 g/mol. The first-order chi connectivity index (χ1) is 13.2. The minimum atomic E-state index is -3.30. The van der Waals surface area contributed by atoms with Crippen LogP contribution in [-0.4, -0.2) is 32.9 Å². The van der Waals surface area contributed by atoms with Gasteiger partial charge in [0.05, 0.1) is 23.3 Å². The summed E-state index contributed by atoms with van der Waals surface area (Å²) in [5, 5.41) is 3.96. The maximum atomic E-state index is 12.4. The molecule has 0 aliphatic carbocycles. The van der Waals surface area contributed by atoms with Gasteiger partial charge in [-0.1, -0.05) is 29.4 Å². The largest absolute Gasteiger partial charge is 0.465 e. The second kappa shape index (κ2) is 7.59. The molecule has 0 spiro atoms. The van der Waals surface area contributed by atoms with Gasteiger partial charge in [0.1, 0.15) is 5.76 Å². The highest BCUT2D eigenvalue weighted by Gasteiger charge is 2.18. The molecule has 0 saturated carbocycles. The summed E-state index contributed by atoms with van der Waals surface area (Å²) in [6.45, 7) is 3.66. The number of aromatic nitrogens is 1. The molecular weight excluding hydrogens is 378 g/mol. The Morgan fingerprint density at radius 2 is 1.89 bits per heavy atom. The van der Waals surface area contributed by atoms with Crippen LogP contribution in [0.15, 0.2) is 51.9 Å². The molecule has 6 nitrogen and oxygen atoms in total. The number of benzene rings is 2. The predicted octanol–water partition coefficient (Wildman–Crippen LogP) is 3.74. The van der Waals surface area contributed by atoms with Gasteiger partial charge in [0.15, 0.2) is 9.84 Å². The third-order valence-corrected chi connectivity index (χ3v) is 5.67. The number of esters is 1. The van der Waals surface area contributed by atoms with Crippen LogP contribution >= 0.6 is 0 Å². The Hall–Kier alpha value is -2.93. The van der Waals surface area contributed by atoms with Crippen LogP contribution in [0, 0.1) is 13.8 Å². The first-order valence-electron chi connectivity index (χ1n) is 8.64. The van der Waals surface area contributed by atoms with Crippen LogP contribution in [0.3, 0.4) is 0 Å². The molecule has 0 aliphatic heterocycles. The molecule has 0 radical (unpaired) electrons. The molecule has 0 aliphatic rings. The van der Waals surface area contributed by atoms with Gasteiger partial charge in [-0.3, -0.25) is 0 Å². The van der Waals surface area contributed by atoms with Gasteiger partial charge >= 0.3 is 5.97 Å². The smallest absolute Gasteiger partial charge is 0.338 e. The molecule has 1 aromatic heterocycles. The fourth-order valence-corrected chi connectivity index (χ4v) is 3.88. The lowest BCUT2D eigenvalue weighted by Crippen LogP contribution is -2.07. The molecule has 0 unspecified atom stereocenters. The van der Waals surface area contributed by atoms with Crippen LogP contribution in [0.25, 0.3) is 11.1 Å². The van der Waals surface area contributed by atoms with Crippen LogP contribution in [0.5, 0.6) is 0 Å². The summed E-state index contributed by atoms with van der Waals surface area (Å²) in [5.74, 6) is 0.213. The normalized spacial score (nSPS) is 11.4. The lowest BCUT2D eigenvalue weighted by atomic mass is 9.94. The summed E-state index contributed by atoms with van der Waals surface area (Å²) in [6, 6.07) is 12.2. The Bertz CT molecular complexity index is 1130. The van der Waals surface area contributed by atoms with Crippen molar-refractivity contribution in [3.05, 3.63) is 70.6 Å². The molecule has 0 saturated heterocycles. The SMILES string of the molecule is COC(=O)c1cc(-c2c(C)noc2C)ccc1Cc1cccc(S(C)(=O)=O)c1. The topological polar surface area (TPSA) is 86.5 Å². The quantitative estimate of drug-likeness (QED) is 0.608. The van der Waals surface area contributed by atoms with Gasteiger partial charge in [-0.05, 0) is 55.2 Å². The maximum absolute atomic E-state index is 12.4. The van der Waals surface area contributed by atoms with E-state index in [-0.39, 0.29) is 4.90 Å². The van der Waals surface area contributed by atoms with E-state index in [4.69, 9.17) is 9.26 Å². The Kier molecular flexibility index (Phi) is 5.38. The number of methoxy groups -OCH3 is 1. The molecule has 0 fully saturated rings. The molecule has 1 heterocycles. The minimum Gasteiger partial charge on any atom is -0.465 e. The molecular formula is C21H21NO5S. The molecule has 28 heavy (non-hydrogen) atoms. The summed E-state index contributed by atoms with van der Waals surface area (Å²) >= 11 is 0. The monoisotopic (exact) mass is 399 g/mol. The zero-order chi connectivity index (χ0) is 20.5. The lowest BCUT2D eigenvalue weighted by molar-refractivity contribution is 0.0599. The molecule has 0 amide bonds. The summed E-state index contributed by atoms with van der Waals surface area (Å²) in [5.41, 5.74) is 4.35. The number of aryl methyl sites for hydroxylation is 2. The fourth-order valence-electron chi connectivity index (χ4n) is 3.19. The third kappa shape index (κ3) is 3.99. The van der Waals surface area contributed by atoms with Gasteiger partial charge in [0, 0.05) is 11.8 Å². The van der Waals surface area contributed by atoms with Crippen molar-refractivity contribution >= 4 is 15.8 Å². The molecule has 2 aromatic carbocycles. The minimum absolute atomic E-state index is 0.247. The second-order valence-corrected chi connectivity index (χ2v) is 8.67. The van der Waals surface area contributed by atoms with Crippen LogP contribution < -0.4 is 0 Å². The number of sulfone groups is 1. The molecule has 0 N–H and O–H groups in total. The summed E-state index contributed by atoms with van der Waals surface area (Å²) < 4.78 is 33.8. The molecule has 7 heteroatoms. The van der Waals surface area contributed by atoms with E-state index in [9.17, 15) is 13.2 Å². The zero-order valence-corrected chi connectivity index (χ0v) is 17.0. The number of hydrogen-bond acceptors (Lipinski definition) is 6. The first kappa shape index (κ1) is 19.8. The second-order valence-electron chi connectivity index (χ2n) is 6.66. The van der Waals surface area contributed by atoms with E-state index in [2.05, 4.69) is 5.16 Å². The first-order valence-corrected chi connectivity index (χ1v) is 10.5. The van der Waals surface area contributed by atoms with E-state index in [1.165, 1.54) is 13.4 Å². The Morgan fingerprint density at radius 3 is 2.50 bits per heavy atom. The Labute approximate surface area is 164 Å². The molecule has 0 atom stereocenters. The van der Waals surface area contributed by atoms with Crippen molar-refractivity contribution in [3.63, 3.8) is 0 Å². The summed E-state index contributed by atoms with van der Waals surface area (Å²) in [6.07, 6.45) is 1.57. The van der Waals surface area contributed by atoms with Crippen molar-refractivity contribution in [2.24, 2.45) is 0 Å². The zero-order valence-electron chi connectivity index (χ0n) is 16.1. The number of carbonyl (C=O) groups excluding carboxylic acids is 1. The van der Waals surface area contributed by atoms with E-state index in [1.54, 1.807) is 24.3 Å². The van der Waals surface area contributed by atoms with E-state index in [0.29, 0.717) is 17.7 Å². The highest BCUT2D eigenvalue weighted by atomic mass is 32.2. The van der Waals surface area contributed by atoms with Gasteiger partial charge in [-0.15, -0.1) is 0 Å². The van der Waals surface area contributed by atoms with Crippen LogP contribution in [-0.2, 0) is 21.0 Å². The van der Waals surface area contributed by atoms with Crippen molar-refractivity contribution in [2.75, 3.05) is 13.4 Å². The molecule has 0 bridgehead atoms. The van der Waals surface area contributed by atoms with E-state index >= 15 is 0 Å². The van der Waals surface area contributed by atoms with Gasteiger partial charge in [-0.2, -0.15) is 0 Å². The van der Waals surface area contributed by atoms with Crippen molar-refractivity contribution in [1.29, 1.82) is 0 Å². The van der Waals surface area contributed by atoms with E-state index < -0.39 is 15.8 Å².